The molecule has 20 heavy (non-hydrogen) atoms. The number of aryl methyl sites for hydroxylation is 1. The Morgan fingerprint density at radius 2 is 2.10 bits per heavy atom. The van der Waals surface area contributed by atoms with E-state index in [1.54, 1.807) is 0 Å². The molecular weight excluding hydrogens is 252 g/mol. The molecule has 4 heteroatoms. The minimum atomic E-state index is -0.164. The topological polar surface area (TPSA) is 44.1 Å². The van der Waals surface area contributed by atoms with Crippen molar-refractivity contribution in [3.8, 4) is 0 Å². The Kier molecular flexibility index (Phi) is 4.77. The number of esters is 1. The summed E-state index contributed by atoms with van der Waals surface area (Å²) < 4.78 is 7.24. The smallest absolute Gasteiger partial charge is 0.310 e. The predicted molar refractivity (Wildman–Crippen MR) is 79.5 cm³/mol. The number of fused-ring (bicyclic) bond motifs is 1. The van der Waals surface area contributed by atoms with Crippen LogP contribution in [0.5, 0.6) is 0 Å². The summed E-state index contributed by atoms with van der Waals surface area (Å²) in [4.78, 5) is 16.5. The van der Waals surface area contributed by atoms with Crippen LogP contribution in [0.15, 0.2) is 24.3 Å². The molecule has 1 aromatic heterocycles. The van der Waals surface area contributed by atoms with Crippen molar-refractivity contribution in [2.24, 2.45) is 5.92 Å². The van der Waals surface area contributed by atoms with Crippen LogP contribution in [0, 0.1) is 5.92 Å². The van der Waals surface area contributed by atoms with Crippen molar-refractivity contribution >= 4 is 17.0 Å². The highest BCUT2D eigenvalue weighted by atomic mass is 16.5. The van der Waals surface area contributed by atoms with Crippen LogP contribution in [0.3, 0.4) is 0 Å². The molecule has 1 heterocycles. The van der Waals surface area contributed by atoms with Crippen molar-refractivity contribution in [2.75, 3.05) is 6.61 Å². The minimum Gasteiger partial charge on any atom is -0.466 e. The van der Waals surface area contributed by atoms with Gasteiger partial charge in [0.15, 0.2) is 0 Å². The number of aromatic nitrogens is 2. The number of nitrogens with zero attached hydrogens (tertiary/aromatic N) is 2. The molecule has 2 aromatic rings. The monoisotopic (exact) mass is 274 g/mol. The number of benzene rings is 1. The Hall–Kier alpha value is -1.84. The van der Waals surface area contributed by atoms with Crippen LogP contribution in [0.4, 0.5) is 0 Å². The van der Waals surface area contributed by atoms with Gasteiger partial charge >= 0.3 is 5.97 Å². The first-order valence-electron chi connectivity index (χ1n) is 7.28. The van der Waals surface area contributed by atoms with Crippen molar-refractivity contribution in [1.82, 2.24) is 9.55 Å². The molecule has 1 atom stereocenters. The molecule has 4 nitrogen and oxygen atoms in total. The highest BCUT2D eigenvalue weighted by molar-refractivity contribution is 5.77. The summed E-state index contributed by atoms with van der Waals surface area (Å²) in [7, 11) is 0. The number of carbonyl (C=O) groups is 1. The average molecular weight is 274 g/mol. The van der Waals surface area contributed by atoms with Gasteiger partial charge in [0.2, 0.25) is 0 Å². The lowest BCUT2D eigenvalue weighted by Gasteiger charge is -2.14. The van der Waals surface area contributed by atoms with Gasteiger partial charge in [0, 0.05) is 13.0 Å². The molecule has 0 saturated carbocycles. The van der Waals surface area contributed by atoms with Crippen LogP contribution in [-0.2, 0) is 22.5 Å². The zero-order chi connectivity index (χ0) is 14.5. The summed E-state index contributed by atoms with van der Waals surface area (Å²) in [6.07, 6.45) is 1.96. The van der Waals surface area contributed by atoms with Crippen LogP contribution in [0.2, 0.25) is 0 Å². The second kappa shape index (κ2) is 6.55. The van der Waals surface area contributed by atoms with Crippen molar-refractivity contribution in [2.45, 2.75) is 40.2 Å². The Balaban J connectivity index is 2.31. The molecule has 1 aromatic carbocycles. The summed E-state index contributed by atoms with van der Waals surface area (Å²) >= 11 is 0. The third kappa shape index (κ3) is 3.00. The number of ether oxygens (including phenoxy) is 1. The summed E-state index contributed by atoms with van der Waals surface area (Å²) in [5.74, 6) is 0.737. The van der Waals surface area contributed by atoms with E-state index in [-0.39, 0.29) is 11.9 Å². The quantitative estimate of drug-likeness (QED) is 0.760. The zero-order valence-corrected chi connectivity index (χ0v) is 12.4. The second-order valence-electron chi connectivity index (χ2n) is 5.03. The Morgan fingerprint density at radius 3 is 2.80 bits per heavy atom. The van der Waals surface area contributed by atoms with E-state index in [9.17, 15) is 4.79 Å². The first-order chi connectivity index (χ1) is 9.67. The van der Waals surface area contributed by atoms with E-state index in [0.717, 1.165) is 29.7 Å². The number of hydrogen-bond acceptors (Lipinski definition) is 3. The lowest BCUT2D eigenvalue weighted by atomic mass is 10.1. The lowest BCUT2D eigenvalue weighted by Crippen LogP contribution is -2.21. The van der Waals surface area contributed by atoms with Gasteiger partial charge in [0.25, 0.3) is 0 Å². The molecule has 0 amide bonds. The zero-order valence-electron chi connectivity index (χ0n) is 12.4. The van der Waals surface area contributed by atoms with E-state index >= 15 is 0 Å². The van der Waals surface area contributed by atoms with Gasteiger partial charge in [-0.05, 0) is 25.5 Å². The van der Waals surface area contributed by atoms with Gasteiger partial charge in [0.1, 0.15) is 5.82 Å². The van der Waals surface area contributed by atoms with Crippen LogP contribution in [0.25, 0.3) is 11.0 Å². The third-order valence-corrected chi connectivity index (χ3v) is 3.35. The molecule has 0 bridgehead atoms. The molecule has 0 aliphatic carbocycles. The van der Waals surface area contributed by atoms with Crippen LogP contribution >= 0.6 is 0 Å². The first-order valence-corrected chi connectivity index (χ1v) is 7.28. The molecule has 108 valence electrons. The second-order valence-corrected chi connectivity index (χ2v) is 5.03. The van der Waals surface area contributed by atoms with Crippen molar-refractivity contribution < 1.29 is 9.53 Å². The number of para-hydroxylation sites is 2. The van der Waals surface area contributed by atoms with Gasteiger partial charge in [-0.15, -0.1) is 0 Å². The molecular formula is C16H22N2O2. The number of imidazole rings is 1. The summed E-state index contributed by atoms with van der Waals surface area (Å²) in [6, 6.07) is 8.06. The standard InChI is InChI=1S/C16H22N2O2/c1-4-8-15-17-13-9-6-7-10-14(13)18(15)11-12(3)16(19)20-5-2/h6-7,9-10,12H,4-5,8,11H2,1-3H3. The molecule has 0 fully saturated rings. The fourth-order valence-electron chi connectivity index (χ4n) is 2.38. The number of hydrogen-bond donors (Lipinski definition) is 0. The van der Waals surface area contributed by atoms with Crippen LogP contribution in [0.1, 0.15) is 33.0 Å². The van der Waals surface area contributed by atoms with Gasteiger partial charge < -0.3 is 9.30 Å². The fourth-order valence-corrected chi connectivity index (χ4v) is 2.38. The SMILES string of the molecule is CCCc1nc2ccccc2n1CC(C)C(=O)OCC. The molecule has 0 spiro atoms. The number of carbonyl (C=O) groups excluding carboxylic acids is 1. The van der Waals surface area contributed by atoms with Crippen LogP contribution in [-0.4, -0.2) is 22.1 Å². The van der Waals surface area contributed by atoms with Crippen LogP contribution < -0.4 is 0 Å². The summed E-state index contributed by atoms with van der Waals surface area (Å²) in [5, 5.41) is 0. The first kappa shape index (κ1) is 14.6. The van der Waals surface area contributed by atoms with Gasteiger partial charge in [0.05, 0.1) is 23.6 Å². The van der Waals surface area contributed by atoms with Crippen molar-refractivity contribution in [3.63, 3.8) is 0 Å². The van der Waals surface area contributed by atoms with Crippen molar-refractivity contribution in [3.05, 3.63) is 30.1 Å². The Morgan fingerprint density at radius 1 is 1.35 bits per heavy atom. The average Bonchev–Trinajstić information content (AvgIpc) is 2.78. The van der Waals surface area contributed by atoms with Gasteiger partial charge in [-0.2, -0.15) is 0 Å². The third-order valence-electron chi connectivity index (χ3n) is 3.35. The van der Waals surface area contributed by atoms with E-state index < -0.39 is 0 Å². The molecule has 0 aliphatic heterocycles. The van der Waals surface area contributed by atoms with Gasteiger partial charge in [-0.25, -0.2) is 4.98 Å². The summed E-state index contributed by atoms with van der Waals surface area (Å²) in [5.41, 5.74) is 2.08. The predicted octanol–water partition coefficient (Wildman–Crippen LogP) is 3.19. The van der Waals surface area contributed by atoms with E-state index in [4.69, 9.17) is 4.74 Å². The van der Waals surface area contributed by atoms with E-state index in [0.29, 0.717) is 13.2 Å². The Bertz CT molecular complexity index is 589. The maximum Gasteiger partial charge on any atom is 0.310 e. The molecule has 0 saturated heterocycles. The number of rotatable bonds is 6. The molecule has 0 radical (unpaired) electrons. The van der Waals surface area contributed by atoms with Gasteiger partial charge in [-0.1, -0.05) is 26.0 Å². The maximum atomic E-state index is 11.8. The summed E-state index contributed by atoms with van der Waals surface area (Å²) in [6.45, 7) is 6.92. The fraction of sp³-hybridized carbons (Fsp3) is 0.500. The van der Waals surface area contributed by atoms with Gasteiger partial charge in [-0.3, -0.25) is 4.79 Å². The minimum absolute atomic E-state index is 0.146. The molecule has 0 N–H and O–H groups in total. The molecule has 1 unspecified atom stereocenters. The normalized spacial score (nSPS) is 12.6. The largest absolute Gasteiger partial charge is 0.466 e. The van der Waals surface area contributed by atoms with E-state index in [1.165, 1.54) is 0 Å². The highest BCUT2D eigenvalue weighted by Gasteiger charge is 2.18. The lowest BCUT2D eigenvalue weighted by molar-refractivity contribution is -0.147. The highest BCUT2D eigenvalue weighted by Crippen LogP contribution is 2.19. The van der Waals surface area contributed by atoms with E-state index in [1.807, 2.05) is 32.0 Å². The van der Waals surface area contributed by atoms with Crippen molar-refractivity contribution in [1.29, 1.82) is 0 Å². The molecule has 0 aliphatic rings. The molecule has 2 rings (SSSR count). The van der Waals surface area contributed by atoms with E-state index in [2.05, 4.69) is 22.5 Å². The maximum absolute atomic E-state index is 11.8. The Labute approximate surface area is 119 Å².